The van der Waals surface area contributed by atoms with E-state index in [1.807, 2.05) is 6.07 Å². The molecular formula is C18H17FN4O3. The van der Waals surface area contributed by atoms with E-state index in [1.165, 1.54) is 31.2 Å². The second-order valence-electron chi connectivity index (χ2n) is 5.29. The summed E-state index contributed by atoms with van der Waals surface area (Å²) in [5.41, 5.74) is 5.69. The molecule has 0 saturated carbocycles. The van der Waals surface area contributed by atoms with E-state index in [9.17, 15) is 14.0 Å². The number of carbonyl (C=O) groups excluding carboxylic acids is 2. The van der Waals surface area contributed by atoms with Crippen LogP contribution in [0.4, 0.5) is 10.1 Å². The molecule has 0 bridgehead atoms. The van der Waals surface area contributed by atoms with Gasteiger partial charge in [0, 0.05) is 5.69 Å². The average molecular weight is 356 g/mol. The first-order valence-corrected chi connectivity index (χ1v) is 7.73. The molecule has 1 atom stereocenters. The number of nitriles is 1. The van der Waals surface area contributed by atoms with Crippen molar-refractivity contribution in [2.24, 2.45) is 0 Å². The second-order valence-corrected chi connectivity index (χ2v) is 5.29. The first-order valence-electron chi connectivity index (χ1n) is 7.73. The highest BCUT2D eigenvalue weighted by atomic mass is 19.1. The van der Waals surface area contributed by atoms with E-state index < -0.39 is 23.7 Å². The molecule has 2 aromatic carbocycles. The third-order valence-corrected chi connectivity index (χ3v) is 3.29. The molecule has 0 fully saturated rings. The van der Waals surface area contributed by atoms with E-state index in [0.717, 1.165) is 0 Å². The maximum Gasteiger partial charge on any atom is 0.279 e. The molecule has 0 saturated heterocycles. The lowest BCUT2D eigenvalue weighted by atomic mass is 10.2. The van der Waals surface area contributed by atoms with Gasteiger partial charge in [0.2, 0.25) is 0 Å². The zero-order valence-corrected chi connectivity index (χ0v) is 14.0. The minimum absolute atomic E-state index is 0.0701. The molecule has 26 heavy (non-hydrogen) atoms. The van der Waals surface area contributed by atoms with Crippen LogP contribution in [0.25, 0.3) is 0 Å². The Morgan fingerprint density at radius 2 is 1.77 bits per heavy atom. The largest absolute Gasteiger partial charge is 0.481 e. The van der Waals surface area contributed by atoms with E-state index in [-0.39, 0.29) is 6.54 Å². The summed E-state index contributed by atoms with van der Waals surface area (Å²) >= 11 is 0. The van der Waals surface area contributed by atoms with Crippen LogP contribution in [0.2, 0.25) is 0 Å². The number of anilines is 1. The van der Waals surface area contributed by atoms with Crippen LogP contribution in [-0.2, 0) is 9.59 Å². The van der Waals surface area contributed by atoms with Crippen molar-refractivity contribution in [1.82, 2.24) is 10.9 Å². The summed E-state index contributed by atoms with van der Waals surface area (Å²) in [6.07, 6.45) is -0.882. The summed E-state index contributed by atoms with van der Waals surface area (Å²) in [5, 5.41) is 11.6. The summed E-state index contributed by atoms with van der Waals surface area (Å²) in [4.78, 5) is 23.6. The van der Waals surface area contributed by atoms with Gasteiger partial charge in [-0.2, -0.15) is 5.26 Å². The van der Waals surface area contributed by atoms with Gasteiger partial charge < -0.3 is 10.1 Å². The van der Waals surface area contributed by atoms with Gasteiger partial charge in [0.05, 0.1) is 18.2 Å². The monoisotopic (exact) mass is 356 g/mol. The Balaban J connectivity index is 1.72. The van der Waals surface area contributed by atoms with Crippen molar-refractivity contribution in [2.45, 2.75) is 13.0 Å². The van der Waals surface area contributed by atoms with Gasteiger partial charge >= 0.3 is 0 Å². The van der Waals surface area contributed by atoms with Crippen LogP contribution in [0.3, 0.4) is 0 Å². The Kier molecular flexibility index (Phi) is 6.51. The maximum atomic E-state index is 12.8. The van der Waals surface area contributed by atoms with Gasteiger partial charge in [0.25, 0.3) is 11.8 Å². The number of hydrogen-bond donors (Lipinski definition) is 3. The quantitative estimate of drug-likeness (QED) is 0.684. The molecule has 0 spiro atoms. The molecule has 2 aromatic rings. The number of carbonyl (C=O) groups is 2. The minimum atomic E-state index is -0.882. The van der Waals surface area contributed by atoms with Crippen molar-refractivity contribution < 1.29 is 18.7 Å². The average Bonchev–Trinajstić information content (AvgIpc) is 2.66. The lowest BCUT2D eigenvalue weighted by molar-refractivity contribution is -0.132. The number of benzene rings is 2. The van der Waals surface area contributed by atoms with Gasteiger partial charge in [-0.25, -0.2) is 4.39 Å². The molecule has 0 heterocycles. The summed E-state index contributed by atoms with van der Waals surface area (Å²) in [5.74, 6) is -1.09. The molecule has 134 valence electrons. The fourth-order valence-corrected chi connectivity index (χ4v) is 1.89. The standard InChI is InChI=1S/C18H17FN4O3/c1-12(26-16-8-4-14(19)5-9-16)18(25)23-22-17(24)11-21-15-6-2-13(10-20)3-7-15/h2-9,12,21H,11H2,1H3,(H,22,24)(H,23,25). The van der Waals surface area contributed by atoms with Gasteiger partial charge in [-0.05, 0) is 55.5 Å². The van der Waals surface area contributed by atoms with E-state index >= 15 is 0 Å². The fourth-order valence-electron chi connectivity index (χ4n) is 1.89. The first kappa shape index (κ1) is 18.7. The first-order chi connectivity index (χ1) is 12.5. The lowest BCUT2D eigenvalue weighted by Crippen LogP contribution is -2.48. The predicted octanol–water partition coefficient (Wildman–Crippen LogP) is 1.72. The maximum absolute atomic E-state index is 12.8. The SMILES string of the molecule is CC(Oc1ccc(F)cc1)C(=O)NNC(=O)CNc1ccc(C#N)cc1. The van der Waals surface area contributed by atoms with Gasteiger partial charge in [0.1, 0.15) is 11.6 Å². The molecular weight excluding hydrogens is 339 g/mol. The summed E-state index contributed by atoms with van der Waals surface area (Å²) < 4.78 is 18.2. The van der Waals surface area contributed by atoms with Crippen LogP contribution in [0.5, 0.6) is 5.75 Å². The van der Waals surface area contributed by atoms with Gasteiger partial charge in [-0.3, -0.25) is 20.4 Å². The molecule has 2 rings (SSSR count). The third-order valence-electron chi connectivity index (χ3n) is 3.29. The number of hydrogen-bond acceptors (Lipinski definition) is 5. The Hall–Kier alpha value is -3.60. The Bertz CT molecular complexity index is 801. The van der Waals surface area contributed by atoms with E-state index in [4.69, 9.17) is 10.00 Å². The van der Waals surface area contributed by atoms with Crippen molar-refractivity contribution >= 4 is 17.5 Å². The number of halogens is 1. The minimum Gasteiger partial charge on any atom is -0.481 e. The highest BCUT2D eigenvalue weighted by molar-refractivity contribution is 5.86. The molecule has 7 nitrogen and oxygen atoms in total. The molecule has 0 aliphatic heterocycles. The van der Waals surface area contributed by atoms with Crippen LogP contribution >= 0.6 is 0 Å². The van der Waals surface area contributed by atoms with Crippen molar-refractivity contribution in [3.8, 4) is 11.8 Å². The van der Waals surface area contributed by atoms with E-state index in [0.29, 0.717) is 17.0 Å². The number of nitrogens with one attached hydrogen (secondary N) is 3. The topological polar surface area (TPSA) is 103 Å². The van der Waals surface area contributed by atoms with Crippen LogP contribution in [-0.4, -0.2) is 24.5 Å². The van der Waals surface area contributed by atoms with E-state index in [1.54, 1.807) is 24.3 Å². The number of hydrazine groups is 1. The normalized spacial score (nSPS) is 11.0. The highest BCUT2D eigenvalue weighted by Gasteiger charge is 2.15. The molecule has 8 heteroatoms. The molecule has 0 aliphatic carbocycles. The number of amides is 2. The van der Waals surface area contributed by atoms with Gasteiger partial charge in [-0.1, -0.05) is 0 Å². The summed E-state index contributed by atoms with van der Waals surface area (Å²) in [7, 11) is 0. The smallest absolute Gasteiger partial charge is 0.279 e. The zero-order valence-electron chi connectivity index (χ0n) is 14.0. The molecule has 0 aliphatic rings. The number of rotatable bonds is 6. The van der Waals surface area contributed by atoms with E-state index in [2.05, 4.69) is 16.2 Å². The van der Waals surface area contributed by atoms with Crippen molar-refractivity contribution in [3.05, 3.63) is 59.9 Å². The van der Waals surface area contributed by atoms with Crippen molar-refractivity contribution in [2.75, 3.05) is 11.9 Å². The summed E-state index contributed by atoms with van der Waals surface area (Å²) in [6, 6.07) is 13.8. The number of nitrogens with zero attached hydrogens (tertiary/aromatic N) is 1. The predicted molar refractivity (Wildman–Crippen MR) is 92.4 cm³/mol. The van der Waals surface area contributed by atoms with Gasteiger partial charge in [-0.15, -0.1) is 0 Å². The Morgan fingerprint density at radius 3 is 2.38 bits per heavy atom. The van der Waals surface area contributed by atoms with Crippen LogP contribution in [0, 0.1) is 17.1 Å². The van der Waals surface area contributed by atoms with Gasteiger partial charge in [0.15, 0.2) is 6.10 Å². The van der Waals surface area contributed by atoms with Crippen LogP contribution in [0.1, 0.15) is 12.5 Å². The molecule has 3 N–H and O–H groups in total. The third kappa shape index (κ3) is 5.79. The molecule has 1 unspecified atom stereocenters. The van der Waals surface area contributed by atoms with Crippen molar-refractivity contribution in [1.29, 1.82) is 5.26 Å². The fraction of sp³-hybridized carbons (Fsp3) is 0.167. The Morgan fingerprint density at radius 1 is 1.12 bits per heavy atom. The molecule has 2 amide bonds. The van der Waals surface area contributed by atoms with Crippen LogP contribution < -0.4 is 20.9 Å². The molecule has 0 radical (unpaired) electrons. The Labute approximate surface area is 149 Å². The summed E-state index contributed by atoms with van der Waals surface area (Å²) in [6.45, 7) is 1.43. The van der Waals surface area contributed by atoms with Crippen molar-refractivity contribution in [3.63, 3.8) is 0 Å². The zero-order chi connectivity index (χ0) is 18.9. The molecule has 0 aromatic heterocycles. The number of ether oxygens (including phenoxy) is 1. The highest BCUT2D eigenvalue weighted by Crippen LogP contribution is 2.13. The lowest BCUT2D eigenvalue weighted by Gasteiger charge is -2.15. The second kappa shape index (κ2) is 9.03. The van der Waals surface area contributed by atoms with Crippen LogP contribution in [0.15, 0.2) is 48.5 Å².